The van der Waals surface area contributed by atoms with Crippen LogP contribution in [0.1, 0.15) is 47.0 Å². The van der Waals surface area contributed by atoms with E-state index in [1.165, 1.54) is 0 Å². The molecule has 4 N–H and O–H groups in total. The van der Waals surface area contributed by atoms with Gasteiger partial charge < -0.3 is 16.4 Å². The van der Waals surface area contributed by atoms with Crippen molar-refractivity contribution in [2.45, 2.75) is 59.0 Å². The Bertz CT molecular complexity index is 253. The van der Waals surface area contributed by atoms with Gasteiger partial charge in [-0.3, -0.25) is 9.79 Å². The van der Waals surface area contributed by atoms with Crippen molar-refractivity contribution in [2.75, 3.05) is 6.54 Å². The van der Waals surface area contributed by atoms with E-state index in [-0.39, 0.29) is 11.9 Å². The Hall–Kier alpha value is -1.26. The molecule has 0 saturated carbocycles. The maximum atomic E-state index is 11.4. The molecule has 0 spiro atoms. The molecule has 100 valence electrons. The van der Waals surface area contributed by atoms with Gasteiger partial charge in [-0.1, -0.05) is 13.8 Å². The van der Waals surface area contributed by atoms with E-state index in [0.717, 1.165) is 12.8 Å². The van der Waals surface area contributed by atoms with Crippen LogP contribution in [0.5, 0.6) is 0 Å². The summed E-state index contributed by atoms with van der Waals surface area (Å²) in [4.78, 5) is 15.5. The monoisotopic (exact) mass is 242 g/mol. The molecule has 1 amide bonds. The van der Waals surface area contributed by atoms with E-state index in [4.69, 9.17) is 5.73 Å². The number of nitrogens with zero attached hydrogens (tertiary/aromatic N) is 1. The lowest BCUT2D eigenvalue weighted by Crippen LogP contribution is -2.38. The van der Waals surface area contributed by atoms with Gasteiger partial charge >= 0.3 is 0 Å². The fourth-order valence-electron chi connectivity index (χ4n) is 1.13. The van der Waals surface area contributed by atoms with Crippen LogP contribution in [0.25, 0.3) is 0 Å². The molecule has 2 unspecified atom stereocenters. The van der Waals surface area contributed by atoms with Gasteiger partial charge in [0.05, 0.1) is 6.54 Å². The minimum absolute atomic E-state index is 0.0273. The van der Waals surface area contributed by atoms with Gasteiger partial charge in [-0.15, -0.1) is 0 Å². The first-order chi connectivity index (χ1) is 7.99. The number of carbonyl (C=O) groups excluding carboxylic acids is 1. The van der Waals surface area contributed by atoms with E-state index >= 15 is 0 Å². The largest absolute Gasteiger partial charge is 0.370 e. The number of nitrogens with one attached hydrogen (secondary N) is 2. The summed E-state index contributed by atoms with van der Waals surface area (Å²) in [6.45, 7) is 8.57. The molecule has 0 aliphatic rings. The van der Waals surface area contributed by atoms with Gasteiger partial charge in [-0.25, -0.2) is 0 Å². The second kappa shape index (κ2) is 8.84. The number of nitrogens with two attached hydrogens (primary N) is 1. The molecule has 0 saturated heterocycles. The van der Waals surface area contributed by atoms with Crippen molar-refractivity contribution in [1.82, 2.24) is 10.6 Å². The van der Waals surface area contributed by atoms with E-state index in [9.17, 15) is 4.79 Å². The average molecular weight is 242 g/mol. The molecule has 0 heterocycles. The highest BCUT2D eigenvalue weighted by molar-refractivity contribution is 5.79. The highest BCUT2D eigenvalue weighted by Crippen LogP contribution is 1.91. The van der Waals surface area contributed by atoms with Crippen molar-refractivity contribution in [3.63, 3.8) is 0 Å². The van der Waals surface area contributed by atoms with Gasteiger partial charge in [0.2, 0.25) is 5.91 Å². The lowest BCUT2D eigenvalue weighted by atomic mass is 10.2. The Labute approximate surface area is 104 Å². The van der Waals surface area contributed by atoms with Crippen LogP contribution in [-0.2, 0) is 4.79 Å². The molecule has 0 aromatic heterocycles. The first kappa shape index (κ1) is 15.7. The number of hydrogen-bond acceptors (Lipinski definition) is 2. The van der Waals surface area contributed by atoms with Gasteiger partial charge in [0.1, 0.15) is 0 Å². The molecule has 0 rings (SSSR count). The van der Waals surface area contributed by atoms with Crippen molar-refractivity contribution in [2.24, 2.45) is 10.7 Å². The number of amides is 1. The van der Waals surface area contributed by atoms with Gasteiger partial charge in [-0.2, -0.15) is 0 Å². The third-order valence-electron chi connectivity index (χ3n) is 2.65. The summed E-state index contributed by atoms with van der Waals surface area (Å²) < 4.78 is 0. The van der Waals surface area contributed by atoms with E-state index in [1.807, 2.05) is 20.8 Å². The minimum atomic E-state index is 0.0273. The summed E-state index contributed by atoms with van der Waals surface area (Å²) in [6.07, 6.45) is 2.31. The van der Waals surface area contributed by atoms with Crippen LogP contribution in [-0.4, -0.2) is 30.5 Å². The van der Waals surface area contributed by atoms with E-state index in [0.29, 0.717) is 25.0 Å². The van der Waals surface area contributed by atoms with Crippen molar-refractivity contribution in [1.29, 1.82) is 0 Å². The van der Waals surface area contributed by atoms with Gasteiger partial charge in [-0.05, 0) is 26.7 Å². The quantitative estimate of drug-likeness (QED) is 0.460. The number of carbonyl (C=O) groups is 1. The van der Waals surface area contributed by atoms with E-state index in [2.05, 4.69) is 22.5 Å². The third kappa shape index (κ3) is 8.54. The fraction of sp³-hybridized carbons (Fsp3) is 0.833. The standard InChI is InChI=1S/C12H26N4O/c1-5-9(3)15-11(17)7-8-14-12(13)16-10(4)6-2/h9-10H,5-8H2,1-4H3,(H,15,17)(H3,13,14,16). The molecule has 0 aliphatic carbocycles. The molecule has 0 aliphatic heterocycles. The van der Waals surface area contributed by atoms with E-state index in [1.54, 1.807) is 0 Å². The molecule has 5 heteroatoms. The summed E-state index contributed by atoms with van der Waals surface area (Å²) in [6, 6.07) is 0.537. The van der Waals surface area contributed by atoms with E-state index < -0.39 is 0 Å². The maximum absolute atomic E-state index is 11.4. The first-order valence-electron chi connectivity index (χ1n) is 6.35. The molecule has 5 nitrogen and oxygen atoms in total. The van der Waals surface area contributed by atoms with Crippen molar-refractivity contribution in [3.8, 4) is 0 Å². The number of hydrogen-bond donors (Lipinski definition) is 3. The smallest absolute Gasteiger partial charge is 0.222 e. The SMILES string of the molecule is CCC(C)NC(=O)CCN=C(N)NC(C)CC. The average Bonchev–Trinajstić information content (AvgIpc) is 2.28. The molecule has 0 fully saturated rings. The predicted octanol–water partition coefficient (Wildman–Crippen LogP) is 0.994. The molecule has 17 heavy (non-hydrogen) atoms. The summed E-state index contributed by atoms with van der Waals surface area (Å²) in [5.41, 5.74) is 5.67. The van der Waals surface area contributed by atoms with Crippen LogP contribution >= 0.6 is 0 Å². The molecule has 0 radical (unpaired) electrons. The zero-order chi connectivity index (χ0) is 13.3. The Balaban J connectivity index is 3.81. The highest BCUT2D eigenvalue weighted by Gasteiger charge is 2.04. The molecule has 0 aromatic rings. The second-order valence-electron chi connectivity index (χ2n) is 4.35. The minimum Gasteiger partial charge on any atom is -0.370 e. The van der Waals surface area contributed by atoms with Gasteiger partial charge in [0.15, 0.2) is 5.96 Å². The van der Waals surface area contributed by atoms with Gasteiger partial charge in [0.25, 0.3) is 0 Å². The van der Waals surface area contributed by atoms with Crippen LogP contribution < -0.4 is 16.4 Å². The summed E-state index contributed by atoms with van der Waals surface area (Å²) in [7, 11) is 0. The Morgan fingerprint density at radius 1 is 1.18 bits per heavy atom. The van der Waals surface area contributed by atoms with Crippen LogP contribution in [0.2, 0.25) is 0 Å². The second-order valence-corrected chi connectivity index (χ2v) is 4.35. The topological polar surface area (TPSA) is 79.5 Å². The fourth-order valence-corrected chi connectivity index (χ4v) is 1.13. The summed E-state index contributed by atoms with van der Waals surface area (Å²) in [5.74, 6) is 0.440. The summed E-state index contributed by atoms with van der Waals surface area (Å²) >= 11 is 0. The molecular weight excluding hydrogens is 216 g/mol. The van der Waals surface area contributed by atoms with Gasteiger partial charge in [0, 0.05) is 18.5 Å². The van der Waals surface area contributed by atoms with Crippen LogP contribution in [0, 0.1) is 0 Å². The zero-order valence-electron chi connectivity index (χ0n) is 11.4. The first-order valence-corrected chi connectivity index (χ1v) is 6.35. The highest BCUT2D eigenvalue weighted by atomic mass is 16.1. The number of rotatable bonds is 7. The number of guanidine groups is 1. The van der Waals surface area contributed by atoms with Crippen molar-refractivity contribution < 1.29 is 4.79 Å². The third-order valence-corrected chi connectivity index (χ3v) is 2.65. The molecule has 2 atom stereocenters. The molecule has 0 bridgehead atoms. The van der Waals surface area contributed by atoms with Crippen LogP contribution in [0.3, 0.4) is 0 Å². The van der Waals surface area contributed by atoms with Crippen molar-refractivity contribution in [3.05, 3.63) is 0 Å². The Kier molecular flexibility index (Phi) is 8.19. The number of aliphatic imine (C=N–C) groups is 1. The summed E-state index contributed by atoms with van der Waals surface area (Å²) in [5, 5.41) is 5.94. The maximum Gasteiger partial charge on any atom is 0.222 e. The normalized spacial score (nSPS) is 15.2. The Morgan fingerprint density at radius 3 is 2.24 bits per heavy atom. The van der Waals surface area contributed by atoms with Crippen LogP contribution in [0.15, 0.2) is 4.99 Å². The van der Waals surface area contributed by atoms with Crippen molar-refractivity contribution >= 4 is 11.9 Å². The van der Waals surface area contributed by atoms with Crippen LogP contribution in [0.4, 0.5) is 0 Å². The Morgan fingerprint density at radius 2 is 1.71 bits per heavy atom. The lowest BCUT2D eigenvalue weighted by molar-refractivity contribution is -0.121. The molecular formula is C12H26N4O. The predicted molar refractivity (Wildman–Crippen MR) is 71.9 cm³/mol. The lowest BCUT2D eigenvalue weighted by Gasteiger charge is -2.12. The zero-order valence-corrected chi connectivity index (χ0v) is 11.4. The molecule has 0 aromatic carbocycles.